The Kier molecular flexibility index (Phi) is 5.87. The lowest BCUT2D eigenvalue weighted by Gasteiger charge is -2.23. The van der Waals surface area contributed by atoms with E-state index >= 15 is 0 Å². The largest absolute Gasteiger partial charge is 0.496 e. The number of hydrogen-bond acceptors (Lipinski definition) is 9. The zero-order chi connectivity index (χ0) is 22.9. The number of benzene rings is 2. The number of rotatable bonds is 5. The third-order valence-corrected chi connectivity index (χ3v) is 4.36. The first kappa shape index (κ1) is 21.7. The van der Waals surface area contributed by atoms with Gasteiger partial charge in [-0.05, 0) is 23.8 Å². The molecular weight excluding hydrogens is 408 g/mol. The first-order chi connectivity index (χ1) is 14.6. The van der Waals surface area contributed by atoms with E-state index in [1.165, 1.54) is 45.2 Å². The van der Waals surface area contributed by atoms with Gasteiger partial charge in [0, 0.05) is 38.0 Å². The van der Waals surface area contributed by atoms with Gasteiger partial charge in [-0.2, -0.15) is 0 Å². The SMILES string of the molecule is COc1cc(COC(C)=O)cc2c1C(=O)c1c(OC(C)=O)cc(OC(C)=O)cc1C2=O. The molecule has 0 N–H and O–H groups in total. The number of hydrogen-bond donors (Lipinski definition) is 0. The highest BCUT2D eigenvalue weighted by Gasteiger charge is 2.36. The van der Waals surface area contributed by atoms with Crippen molar-refractivity contribution in [3.63, 3.8) is 0 Å². The Morgan fingerprint density at radius 3 is 1.94 bits per heavy atom. The smallest absolute Gasteiger partial charge is 0.308 e. The molecule has 0 atom stereocenters. The Labute approximate surface area is 176 Å². The maximum Gasteiger partial charge on any atom is 0.308 e. The number of esters is 3. The fraction of sp³-hybridized carbons (Fsp3) is 0.227. The first-order valence-corrected chi connectivity index (χ1v) is 9.11. The molecule has 0 radical (unpaired) electrons. The van der Waals surface area contributed by atoms with Crippen LogP contribution in [0.5, 0.6) is 17.2 Å². The van der Waals surface area contributed by atoms with Crippen LogP contribution >= 0.6 is 0 Å². The number of fused-ring (bicyclic) bond motifs is 2. The van der Waals surface area contributed by atoms with Crippen molar-refractivity contribution in [3.05, 3.63) is 52.1 Å². The standard InChI is InChI=1S/C22H18O9/c1-10(23)29-9-13-5-15-19(17(6-13)28-4)22(27)20-16(21(15)26)7-14(30-11(2)24)8-18(20)31-12(3)25/h5-8H,9H2,1-4H3. The third kappa shape index (κ3) is 4.30. The van der Waals surface area contributed by atoms with Crippen molar-refractivity contribution in [1.82, 2.24) is 0 Å². The molecule has 9 heteroatoms. The van der Waals surface area contributed by atoms with Gasteiger partial charge in [0.1, 0.15) is 23.9 Å². The molecule has 0 saturated carbocycles. The average Bonchev–Trinajstić information content (AvgIpc) is 2.68. The number of carbonyl (C=O) groups excluding carboxylic acids is 5. The molecule has 0 aliphatic heterocycles. The molecule has 31 heavy (non-hydrogen) atoms. The lowest BCUT2D eigenvalue weighted by Crippen LogP contribution is -2.24. The highest BCUT2D eigenvalue weighted by molar-refractivity contribution is 6.30. The summed E-state index contributed by atoms with van der Waals surface area (Å²) in [5, 5.41) is 0. The molecule has 9 nitrogen and oxygen atoms in total. The molecule has 1 aliphatic rings. The zero-order valence-corrected chi connectivity index (χ0v) is 17.2. The second-order valence-corrected chi connectivity index (χ2v) is 6.69. The Morgan fingerprint density at radius 2 is 1.35 bits per heavy atom. The molecule has 160 valence electrons. The van der Waals surface area contributed by atoms with Crippen molar-refractivity contribution in [1.29, 1.82) is 0 Å². The van der Waals surface area contributed by atoms with Crippen molar-refractivity contribution >= 4 is 29.5 Å². The monoisotopic (exact) mass is 426 g/mol. The van der Waals surface area contributed by atoms with Crippen LogP contribution in [-0.4, -0.2) is 36.6 Å². The molecule has 0 saturated heterocycles. The predicted molar refractivity (Wildman–Crippen MR) is 104 cm³/mol. The van der Waals surface area contributed by atoms with Crippen LogP contribution in [0.25, 0.3) is 0 Å². The van der Waals surface area contributed by atoms with Crippen LogP contribution in [0.15, 0.2) is 24.3 Å². The molecule has 0 aromatic heterocycles. The molecule has 0 bridgehead atoms. The maximum atomic E-state index is 13.3. The molecular formula is C22H18O9. The van der Waals surface area contributed by atoms with Gasteiger partial charge < -0.3 is 18.9 Å². The van der Waals surface area contributed by atoms with E-state index in [1.807, 2.05) is 0 Å². The fourth-order valence-corrected chi connectivity index (χ4v) is 3.25. The lowest BCUT2D eigenvalue weighted by atomic mass is 9.82. The van der Waals surface area contributed by atoms with Gasteiger partial charge in [-0.3, -0.25) is 24.0 Å². The molecule has 2 aromatic carbocycles. The van der Waals surface area contributed by atoms with Crippen molar-refractivity contribution in [2.45, 2.75) is 27.4 Å². The Bertz CT molecular complexity index is 1140. The van der Waals surface area contributed by atoms with Crippen LogP contribution in [0.4, 0.5) is 0 Å². The van der Waals surface area contributed by atoms with Gasteiger partial charge in [0.15, 0.2) is 5.78 Å². The van der Waals surface area contributed by atoms with Crippen molar-refractivity contribution in [2.75, 3.05) is 7.11 Å². The van der Waals surface area contributed by atoms with Crippen LogP contribution in [0.3, 0.4) is 0 Å². The summed E-state index contributed by atoms with van der Waals surface area (Å²) < 4.78 is 20.4. The van der Waals surface area contributed by atoms with Crippen molar-refractivity contribution < 1.29 is 42.9 Å². The Hall–Kier alpha value is -4.01. The highest BCUT2D eigenvalue weighted by atomic mass is 16.5. The topological polar surface area (TPSA) is 122 Å². The molecule has 0 amide bonds. The summed E-state index contributed by atoms with van der Waals surface area (Å²) >= 11 is 0. The summed E-state index contributed by atoms with van der Waals surface area (Å²) in [6.45, 7) is 3.42. The molecule has 0 heterocycles. The van der Waals surface area contributed by atoms with E-state index in [0.29, 0.717) is 5.56 Å². The molecule has 0 fully saturated rings. The van der Waals surface area contributed by atoms with E-state index in [2.05, 4.69) is 0 Å². The van der Waals surface area contributed by atoms with E-state index < -0.39 is 29.5 Å². The highest BCUT2D eigenvalue weighted by Crippen LogP contribution is 2.40. The van der Waals surface area contributed by atoms with Gasteiger partial charge in [0.25, 0.3) is 0 Å². The number of ether oxygens (including phenoxy) is 4. The van der Waals surface area contributed by atoms with E-state index in [-0.39, 0.29) is 46.1 Å². The first-order valence-electron chi connectivity index (χ1n) is 9.11. The summed E-state index contributed by atoms with van der Waals surface area (Å²) in [5.41, 5.74) is 0.202. The number of ketones is 2. The van der Waals surface area contributed by atoms with Crippen molar-refractivity contribution in [2.24, 2.45) is 0 Å². The summed E-state index contributed by atoms with van der Waals surface area (Å²) in [5.74, 6) is -3.25. The van der Waals surface area contributed by atoms with Crippen molar-refractivity contribution in [3.8, 4) is 17.2 Å². The summed E-state index contributed by atoms with van der Waals surface area (Å²) in [7, 11) is 1.33. The van der Waals surface area contributed by atoms with Gasteiger partial charge in [-0.25, -0.2) is 0 Å². The minimum atomic E-state index is -0.725. The molecule has 0 unspecified atom stereocenters. The Balaban J connectivity index is 2.22. The second kappa shape index (κ2) is 8.39. The molecule has 1 aliphatic carbocycles. The van der Waals surface area contributed by atoms with E-state index in [9.17, 15) is 24.0 Å². The predicted octanol–water partition coefficient (Wildman–Crippen LogP) is 2.38. The normalized spacial score (nSPS) is 11.9. The molecule has 0 spiro atoms. The van der Waals surface area contributed by atoms with Gasteiger partial charge in [0.05, 0.1) is 18.2 Å². The lowest BCUT2D eigenvalue weighted by molar-refractivity contribution is -0.142. The molecule has 2 aromatic rings. The van der Waals surface area contributed by atoms with Crippen LogP contribution in [0.2, 0.25) is 0 Å². The Morgan fingerprint density at radius 1 is 0.742 bits per heavy atom. The van der Waals surface area contributed by atoms with Gasteiger partial charge in [0.2, 0.25) is 5.78 Å². The summed E-state index contributed by atoms with van der Waals surface area (Å²) in [6, 6.07) is 5.34. The van der Waals surface area contributed by atoms with Crippen LogP contribution < -0.4 is 14.2 Å². The number of methoxy groups -OCH3 is 1. The quantitative estimate of drug-likeness (QED) is 0.447. The summed E-state index contributed by atoms with van der Waals surface area (Å²) in [6.07, 6.45) is 0. The fourth-order valence-electron chi connectivity index (χ4n) is 3.25. The van der Waals surface area contributed by atoms with Gasteiger partial charge >= 0.3 is 17.9 Å². The average molecular weight is 426 g/mol. The molecule has 3 rings (SSSR count). The zero-order valence-electron chi connectivity index (χ0n) is 17.2. The minimum absolute atomic E-state index is 0.0137. The second-order valence-electron chi connectivity index (χ2n) is 6.69. The van der Waals surface area contributed by atoms with Crippen LogP contribution in [0.1, 0.15) is 58.2 Å². The summed E-state index contributed by atoms with van der Waals surface area (Å²) in [4.78, 5) is 60.7. The number of carbonyl (C=O) groups is 5. The van der Waals surface area contributed by atoms with E-state index in [0.717, 1.165) is 6.92 Å². The maximum absolute atomic E-state index is 13.3. The van der Waals surface area contributed by atoms with E-state index in [4.69, 9.17) is 18.9 Å². The minimum Gasteiger partial charge on any atom is -0.496 e. The third-order valence-electron chi connectivity index (χ3n) is 4.36. The van der Waals surface area contributed by atoms with Crippen LogP contribution in [0, 0.1) is 0 Å². The van der Waals surface area contributed by atoms with Crippen LogP contribution in [-0.2, 0) is 25.7 Å². The van der Waals surface area contributed by atoms with E-state index in [1.54, 1.807) is 0 Å². The van der Waals surface area contributed by atoms with Gasteiger partial charge in [-0.15, -0.1) is 0 Å². The van der Waals surface area contributed by atoms with Gasteiger partial charge in [-0.1, -0.05) is 0 Å².